The summed E-state index contributed by atoms with van der Waals surface area (Å²) in [5, 5.41) is 5.07. The van der Waals surface area contributed by atoms with Gasteiger partial charge >= 0.3 is 0 Å². The molecule has 7 heteroatoms. The lowest BCUT2D eigenvalue weighted by atomic mass is 10.1. The Balaban J connectivity index is 2.33. The summed E-state index contributed by atoms with van der Waals surface area (Å²) in [6.07, 6.45) is 0.442. The molecule has 0 aromatic heterocycles. The lowest BCUT2D eigenvalue weighted by molar-refractivity contribution is -0.127. The van der Waals surface area contributed by atoms with Crippen LogP contribution in [0.25, 0.3) is 0 Å². The van der Waals surface area contributed by atoms with Crippen molar-refractivity contribution >= 4 is 17.5 Å². The summed E-state index contributed by atoms with van der Waals surface area (Å²) in [4.78, 5) is 25.5. The molecule has 0 aliphatic carbocycles. The van der Waals surface area contributed by atoms with Gasteiger partial charge in [-0.1, -0.05) is 6.92 Å². The summed E-state index contributed by atoms with van der Waals surface area (Å²) in [7, 11) is 1.39. The average molecular weight is 297 g/mol. The number of rotatable bonds is 3. The molecule has 1 unspecified atom stereocenters. The Morgan fingerprint density at radius 3 is 2.57 bits per heavy atom. The van der Waals surface area contributed by atoms with Crippen LogP contribution in [0.3, 0.4) is 0 Å². The smallest absolute Gasteiger partial charge is 0.254 e. The lowest BCUT2D eigenvalue weighted by Crippen LogP contribution is -2.56. The van der Waals surface area contributed by atoms with Crippen LogP contribution in [0.15, 0.2) is 12.1 Å². The maximum atomic E-state index is 13.7. The van der Waals surface area contributed by atoms with Crippen LogP contribution in [0.4, 0.5) is 14.5 Å². The first-order valence-corrected chi connectivity index (χ1v) is 6.75. The van der Waals surface area contributed by atoms with Crippen LogP contribution in [-0.4, -0.2) is 42.9 Å². The summed E-state index contributed by atoms with van der Waals surface area (Å²) < 4.78 is 27.5. The third-order valence-corrected chi connectivity index (χ3v) is 3.52. The van der Waals surface area contributed by atoms with Gasteiger partial charge in [0, 0.05) is 25.7 Å². The van der Waals surface area contributed by atoms with E-state index in [0.717, 1.165) is 12.1 Å². The summed E-state index contributed by atoms with van der Waals surface area (Å²) in [5.41, 5.74) is -0.382. The van der Waals surface area contributed by atoms with E-state index in [4.69, 9.17) is 0 Å². The van der Waals surface area contributed by atoms with E-state index >= 15 is 0 Å². The largest absolute Gasteiger partial charge is 0.383 e. The van der Waals surface area contributed by atoms with Gasteiger partial charge in [-0.3, -0.25) is 9.59 Å². The van der Waals surface area contributed by atoms with E-state index in [1.165, 1.54) is 11.9 Å². The van der Waals surface area contributed by atoms with Crippen molar-refractivity contribution in [3.8, 4) is 0 Å². The lowest BCUT2D eigenvalue weighted by Gasteiger charge is -2.34. The van der Waals surface area contributed by atoms with Gasteiger partial charge in [-0.15, -0.1) is 0 Å². The van der Waals surface area contributed by atoms with Crippen LogP contribution in [0.5, 0.6) is 0 Å². The first-order chi connectivity index (χ1) is 9.99. The maximum Gasteiger partial charge on any atom is 0.254 e. The molecule has 0 bridgehead atoms. The summed E-state index contributed by atoms with van der Waals surface area (Å²) in [5.74, 6) is -2.47. The zero-order valence-electron chi connectivity index (χ0n) is 11.9. The van der Waals surface area contributed by atoms with E-state index < -0.39 is 23.6 Å². The molecule has 1 heterocycles. The fourth-order valence-corrected chi connectivity index (χ4v) is 2.46. The fourth-order valence-electron chi connectivity index (χ4n) is 2.46. The van der Waals surface area contributed by atoms with E-state index in [2.05, 4.69) is 10.6 Å². The van der Waals surface area contributed by atoms with Gasteiger partial charge in [0.1, 0.15) is 23.4 Å². The first kappa shape index (κ1) is 15.2. The van der Waals surface area contributed by atoms with Crippen LogP contribution in [-0.2, 0) is 4.79 Å². The average Bonchev–Trinajstić information content (AvgIpc) is 2.45. The van der Waals surface area contributed by atoms with Crippen molar-refractivity contribution in [1.29, 1.82) is 0 Å². The molecular formula is C14H17F2N3O2. The molecule has 2 rings (SSSR count). The molecule has 1 aliphatic heterocycles. The number of carbonyl (C=O) groups is 2. The molecule has 1 aromatic carbocycles. The van der Waals surface area contributed by atoms with Crippen LogP contribution in [0.1, 0.15) is 23.7 Å². The fraction of sp³-hybridized carbons (Fsp3) is 0.429. The Kier molecular flexibility index (Phi) is 4.40. The zero-order chi connectivity index (χ0) is 15.6. The molecule has 0 spiro atoms. The number of nitrogens with one attached hydrogen (secondary N) is 2. The Morgan fingerprint density at radius 2 is 2.05 bits per heavy atom. The van der Waals surface area contributed by atoms with E-state index in [1.54, 1.807) is 6.92 Å². The number of halogens is 2. The number of carbonyl (C=O) groups excluding carboxylic acids is 2. The number of piperazine rings is 1. The predicted octanol–water partition coefficient (Wildman–Crippen LogP) is 1.36. The third-order valence-electron chi connectivity index (χ3n) is 3.52. The molecule has 1 saturated heterocycles. The highest BCUT2D eigenvalue weighted by molar-refractivity contribution is 5.98. The third kappa shape index (κ3) is 2.81. The normalized spacial score (nSPS) is 18.4. The van der Waals surface area contributed by atoms with E-state index in [-0.39, 0.29) is 17.2 Å². The minimum Gasteiger partial charge on any atom is -0.383 e. The van der Waals surface area contributed by atoms with Crippen LogP contribution in [0.2, 0.25) is 0 Å². The molecule has 0 saturated carbocycles. The number of hydrogen-bond donors (Lipinski definition) is 2. The number of benzene rings is 1. The topological polar surface area (TPSA) is 61.4 Å². The second-order valence-corrected chi connectivity index (χ2v) is 4.78. The van der Waals surface area contributed by atoms with Gasteiger partial charge in [0.25, 0.3) is 5.91 Å². The van der Waals surface area contributed by atoms with Crippen LogP contribution < -0.4 is 10.6 Å². The van der Waals surface area contributed by atoms with Crippen LogP contribution >= 0.6 is 0 Å². The highest BCUT2D eigenvalue weighted by atomic mass is 19.1. The Labute approximate surface area is 121 Å². The number of nitrogens with zero attached hydrogens (tertiary/aromatic N) is 1. The number of amides is 2. The number of hydrogen-bond acceptors (Lipinski definition) is 3. The standard InChI is InChI=1S/C14H17F2N3O2/c1-3-11-13(20)18-4-5-19(11)14(21)8-6-9(15)12(17-2)10(16)7-8/h6-7,11,17H,3-5H2,1-2H3,(H,18,20). The molecule has 2 amide bonds. The quantitative estimate of drug-likeness (QED) is 0.885. The Bertz CT molecular complexity index is 554. The molecule has 114 valence electrons. The SMILES string of the molecule is CCC1C(=O)NCCN1C(=O)c1cc(F)c(NC)c(F)c1. The van der Waals surface area contributed by atoms with E-state index in [0.29, 0.717) is 19.5 Å². The van der Waals surface area contributed by atoms with Gasteiger partial charge in [0.2, 0.25) is 5.91 Å². The second kappa shape index (κ2) is 6.07. The Morgan fingerprint density at radius 1 is 1.43 bits per heavy atom. The van der Waals surface area contributed by atoms with Gasteiger partial charge in [-0.05, 0) is 18.6 Å². The highest BCUT2D eigenvalue weighted by Gasteiger charge is 2.32. The highest BCUT2D eigenvalue weighted by Crippen LogP contribution is 2.22. The maximum absolute atomic E-state index is 13.7. The molecule has 1 aromatic rings. The van der Waals surface area contributed by atoms with Crippen molar-refractivity contribution in [2.45, 2.75) is 19.4 Å². The van der Waals surface area contributed by atoms with Crippen molar-refractivity contribution in [2.24, 2.45) is 0 Å². The molecule has 1 fully saturated rings. The van der Waals surface area contributed by atoms with Gasteiger partial charge in [-0.2, -0.15) is 0 Å². The van der Waals surface area contributed by atoms with Crippen molar-refractivity contribution in [3.05, 3.63) is 29.3 Å². The molecular weight excluding hydrogens is 280 g/mol. The van der Waals surface area contributed by atoms with E-state index in [9.17, 15) is 18.4 Å². The first-order valence-electron chi connectivity index (χ1n) is 6.75. The molecule has 1 aliphatic rings. The minimum atomic E-state index is -0.838. The summed E-state index contributed by atoms with van der Waals surface area (Å²) in [6.45, 7) is 2.43. The second-order valence-electron chi connectivity index (χ2n) is 4.78. The zero-order valence-corrected chi connectivity index (χ0v) is 11.9. The molecule has 5 nitrogen and oxygen atoms in total. The molecule has 2 N–H and O–H groups in total. The monoisotopic (exact) mass is 297 g/mol. The van der Waals surface area contributed by atoms with E-state index in [1.807, 2.05) is 0 Å². The van der Waals surface area contributed by atoms with Crippen molar-refractivity contribution < 1.29 is 18.4 Å². The predicted molar refractivity (Wildman–Crippen MR) is 74.0 cm³/mol. The van der Waals surface area contributed by atoms with Gasteiger partial charge in [-0.25, -0.2) is 8.78 Å². The molecule has 1 atom stereocenters. The van der Waals surface area contributed by atoms with Gasteiger partial charge in [0.05, 0.1) is 0 Å². The van der Waals surface area contributed by atoms with Crippen molar-refractivity contribution in [2.75, 3.05) is 25.5 Å². The summed E-state index contributed by atoms with van der Waals surface area (Å²) >= 11 is 0. The number of anilines is 1. The minimum absolute atomic E-state index is 0.0999. The van der Waals surface area contributed by atoms with Crippen molar-refractivity contribution in [1.82, 2.24) is 10.2 Å². The van der Waals surface area contributed by atoms with Crippen LogP contribution in [0, 0.1) is 11.6 Å². The molecule has 21 heavy (non-hydrogen) atoms. The summed E-state index contributed by atoms with van der Waals surface area (Å²) in [6, 6.07) is 1.36. The van der Waals surface area contributed by atoms with Crippen molar-refractivity contribution in [3.63, 3.8) is 0 Å². The van der Waals surface area contributed by atoms with Gasteiger partial charge < -0.3 is 15.5 Å². The Hall–Kier alpha value is -2.18. The van der Waals surface area contributed by atoms with Gasteiger partial charge in [0.15, 0.2) is 0 Å². The molecule has 0 radical (unpaired) electrons.